The first-order chi connectivity index (χ1) is 13.8. The van der Waals surface area contributed by atoms with E-state index in [2.05, 4.69) is 14.9 Å². The summed E-state index contributed by atoms with van der Waals surface area (Å²) in [6, 6.07) is 10.4. The van der Waals surface area contributed by atoms with Crippen molar-refractivity contribution in [3.8, 4) is 0 Å². The molecule has 29 heavy (non-hydrogen) atoms. The van der Waals surface area contributed by atoms with E-state index in [1.165, 1.54) is 41.3 Å². The van der Waals surface area contributed by atoms with Crippen molar-refractivity contribution in [1.82, 2.24) is 15.0 Å². The van der Waals surface area contributed by atoms with Crippen LogP contribution in [0.4, 0.5) is 10.1 Å². The minimum Gasteiger partial charge on any atom is -0.337 e. The first-order valence-corrected chi connectivity index (χ1v) is 10.2. The second-order valence-corrected chi connectivity index (χ2v) is 7.94. The van der Waals surface area contributed by atoms with Crippen LogP contribution < -0.4 is 4.72 Å². The summed E-state index contributed by atoms with van der Waals surface area (Å²) in [5.41, 5.74) is 0.542. The summed E-state index contributed by atoms with van der Waals surface area (Å²) < 4.78 is 45.3. The molecular formula is C19H19FN4O4S. The van der Waals surface area contributed by atoms with E-state index in [0.717, 1.165) is 12.1 Å². The average Bonchev–Trinajstić information content (AvgIpc) is 3.16. The summed E-state index contributed by atoms with van der Waals surface area (Å²) in [5, 5.41) is 3.78. The number of aryl methyl sites for hydroxylation is 1. The zero-order valence-corrected chi connectivity index (χ0v) is 16.6. The van der Waals surface area contributed by atoms with Crippen LogP contribution in [0.5, 0.6) is 0 Å². The Morgan fingerprint density at radius 1 is 1.14 bits per heavy atom. The quantitative estimate of drug-likeness (QED) is 0.633. The Bertz CT molecular complexity index is 1100. The van der Waals surface area contributed by atoms with E-state index in [0.29, 0.717) is 23.7 Å². The summed E-state index contributed by atoms with van der Waals surface area (Å²) in [6.45, 7) is 2.03. The minimum atomic E-state index is -3.87. The SMILES string of the molecule is CCc1noc(CN(C)C(=O)c2ccc(S(=O)(=O)Nc3ccc(F)cc3)cc2)n1. The Balaban J connectivity index is 1.69. The molecule has 0 atom stereocenters. The fourth-order valence-electron chi connectivity index (χ4n) is 2.50. The molecule has 1 amide bonds. The number of carbonyl (C=O) groups is 1. The lowest BCUT2D eigenvalue weighted by atomic mass is 10.2. The van der Waals surface area contributed by atoms with Gasteiger partial charge in [0, 0.05) is 24.7 Å². The fourth-order valence-corrected chi connectivity index (χ4v) is 3.56. The third-order valence-electron chi connectivity index (χ3n) is 4.05. The largest absolute Gasteiger partial charge is 0.337 e. The molecule has 8 nitrogen and oxygen atoms in total. The van der Waals surface area contributed by atoms with Crippen LogP contribution in [0.1, 0.15) is 29.0 Å². The summed E-state index contributed by atoms with van der Waals surface area (Å²) in [6.07, 6.45) is 0.628. The Hall–Kier alpha value is -3.27. The topological polar surface area (TPSA) is 105 Å². The fraction of sp³-hybridized carbons (Fsp3) is 0.211. The van der Waals surface area contributed by atoms with E-state index in [4.69, 9.17) is 4.52 Å². The van der Waals surface area contributed by atoms with Crippen molar-refractivity contribution in [2.24, 2.45) is 0 Å². The van der Waals surface area contributed by atoms with Crippen LogP contribution in [-0.4, -0.2) is 36.4 Å². The molecule has 1 aromatic heterocycles. The molecule has 152 valence electrons. The van der Waals surface area contributed by atoms with E-state index in [1.54, 1.807) is 7.05 Å². The number of anilines is 1. The van der Waals surface area contributed by atoms with Gasteiger partial charge < -0.3 is 9.42 Å². The van der Waals surface area contributed by atoms with Crippen molar-refractivity contribution in [2.45, 2.75) is 24.8 Å². The van der Waals surface area contributed by atoms with Crippen molar-refractivity contribution in [3.05, 3.63) is 71.6 Å². The van der Waals surface area contributed by atoms with Crippen molar-refractivity contribution in [3.63, 3.8) is 0 Å². The zero-order valence-electron chi connectivity index (χ0n) is 15.8. The van der Waals surface area contributed by atoms with Crippen molar-refractivity contribution in [1.29, 1.82) is 0 Å². The van der Waals surface area contributed by atoms with Gasteiger partial charge in [0.1, 0.15) is 5.82 Å². The number of halogens is 1. The number of carbonyl (C=O) groups excluding carboxylic acids is 1. The highest BCUT2D eigenvalue weighted by molar-refractivity contribution is 7.92. The number of nitrogens with one attached hydrogen (secondary N) is 1. The van der Waals surface area contributed by atoms with E-state index < -0.39 is 15.8 Å². The maximum absolute atomic E-state index is 13.0. The molecule has 0 spiro atoms. The number of hydrogen-bond acceptors (Lipinski definition) is 6. The maximum atomic E-state index is 13.0. The van der Waals surface area contributed by atoms with Gasteiger partial charge in [0.05, 0.1) is 11.4 Å². The number of amides is 1. The Morgan fingerprint density at radius 3 is 2.38 bits per heavy atom. The molecule has 3 aromatic rings. The molecule has 0 aliphatic rings. The average molecular weight is 418 g/mol. The highest BCUT2D eigenvalue weighted by atomic mass is 32.2. The second kappa shape index (κ2) is 8.39. The molecule has 0 aliphatic carbocycles. The van der Waals surface area contributed by atoms with Gasteiger partial charge in [0.25, 0.3) is 15.9 Å². The van der Waals surface area contributed by atoms with Gasteiger partial charge in [0.15, 0.2) is 5.82 Å². The Morgan fingerprint density at radius 2 is 1.79 bits per heavy atom. The number of benzene rings is 2. The molecule has 0 saturated carbocycles. The van der Waals surface area contributed by atoms with Crippen LogP contribution in [0.3, 0.4) is 0 Å². The van der Waals surface area contributed by atoms with E-state index in [-0.39, 0.29) is 23.0 Å². The number of sulfonamides is 1. The number of aromatic nitrogens is 2. The van der Waals surface area contributed by atoms with E-state index in [1.807, 2.05) is 6.92 Å². The van der Waals surface area contributed by atoms with Gasteiger partial charge in [-0.05, 0) is 48.5 Å². The molecule has 1 N–H and O–H groups in total. The van der Waals surface area contributed by atoms with E-state index in [9.17, 15) is 17.6 Å². The molecule has 0 unspecified atom stereocenters. The molecule has 0 fully saturated rings. The summed E-state index contributed by atoms with van der Waals surface area (Å²) in [5.74, 6) is 0.0903. The van der Waals surface area contributed by atoms with Crippen LogP contribution in [0, 0.1) is 5.82 Å². The van der Waals surface area contributed by atoms with Crippen molar-refractivity contribution >= 4 is 21.6 Å². The van der Waals surface area contributed by atoms with Crippen molar-refractivity contribution < 1.29 is 22.1 Å². The Labute approximate surface area is 167 Å². The van der Waals surface area contributed by atoms with Crippen LogP contribution in [0.25, 0.3) is 0 Å². The lowest BCUT2D eigenvalue weighted by molar-refractivity contribution is 0.0769. The number of nitrogens with zero attached hydrogens (tertiary/aromatic N) is 3. The van der Waals surface area contributed by atoms with Crippen LogP contribution in [0.15, 0.2) is 57.9 Å². The lowest BCUT2D eigenvalue weighted by Crippen LogP contribution is -2.26. The third kappa shape index (κ3) is 4.96. The molecule has 0 bridgehead atoms. The third-order valence-corrected chi connectivity index (χ3v) is 5.45. The monoisotopic (exact) mass is 418 g/mol. The van der Waals surface area contributed by atoms with Gasteiger partial charge >= 0.3 is 0 Å². The number of rotatable bonds is 7. The van der Waals surface area contributed by atoms with Crippen molar-refractivity contribution in [2.75, 3.05) is 11.8 Å². The maximum Gasteiger partial charge on any atom is 0.261 e. The zero-order chi connectivity index (χ0) is 21.0. The van der Waals surface area contributed by atoms with Crippen LogP contribution >= 0.6 is 0 Å². The normalized spacial score (nSPS) is 11.3. The molecule has 10 heteroatoms. The van der Waals surface area contributed by atoms with Gasteiger partial charge in [-0.3, -0.25) is 9.52 Å². The van der Waals surface area contributed by atoms with Crippen LogP contribution in [0.2, 0.25) is 0 Å². The highest BCUT2D eigenvalue weighted by Gasteiger charge is 2.18. The van der Waals surface area contributed by atoms with Gasteiger partial charge in [-0.25, -0.2) is 12.8 Å². The van der Waals surface area contributed by atoms with Gasteiger partial charge in [-0.15, -0.1) is 0 Å². The van der Waals surface area contributed by atoms with E-state index >= 15 is 0 Å². The Kier molecular flexibility index (Phi) is 5.92. The summed E-state index contributed by atoms with van der Waals surface area (Å²) >= 11 is 0. The number of hydrogen-bond donors (Lipinski definition) is 1. The predicted molar refractivity (Wildman–Crippen MR) is 103 cm³/mol. The molecular weight excluding hydrogens is 399 g/mol. The first kappa shape index (κ1) is 20.5. The standard InChI is InChI=1S/C19H19FN4O4S/c1-3-17-21-18(28-22-17)12-24(2)19(25)13-4-10-16(11-5-13)29(26,27)23-15-8-6-14(20)7-9-15/h4-11,23H,3,12H2,1-2H3. The van der Waals surface area contributed by atoms with Gasteiger partial charge in [-0.2, -0.15) is 4.98 Å². The van der Waals surface area contributed by atoms with Crippen LogP contribution in [-0.2, 0) is 23.0 Å². The smallest absolute Gasteiger partial charge is 0.261 e. The molecule has 1 heterocycles. The summed E-state index contributed by atoms with van der Waals surface area (Å²) in [7, 11) is -2.29. The second-order valence-electron chi connectivity index (χ2n) is 6.26. The van der Waals surface area contributed by atoms with Gasteiger partial charge in [0.2, 0.25) is 5.89 Å². The predicted octanol–water partition coefficient (Wildman–Crippen LogP) is 2.84. The molecule has 3 rings (SSSR count). The molecule has 0 aliphatic heterocycles. The summed E-state index contributed by atoms with van der Waals surface area (Å²) in [4.78, 5) is 18.1. The first-order valence-electron chi connectivity index (χ1n) is 8.74. The molecule has 0 radical (unpaired) electrons. The molecule has 0 saturated heterocycles. The lowest BCUT2D eigenvalue weighted by Gasteiger charge is -2.15. The highest BCUT2D eigenvalue weighted by Crippen LogP contribution is 2.18. The van der Waals surface area contributed by atoms with Gasteiger partial charge in [-0.1, -0.05) is 12.1 Å². The molecule has 2 aromatic carbocycles. The minimum absolute atomic E-state index is 0.0227.